The first-order valence-electron chi connectivity index (χ1n) is 7.08. The van der Waals surface area contributed by atoms with Gasteiger partial charge < -0.3 is 4.57 Å². The second-order valence-corrected chi connectivity index (χ2v) is 7.34. The molecule has 118 valence electrons. The van der Waals surface area contributed by atoms with E-state index in [2.05, 4.69) is 9.97 Å². The molecule has 22 heavy (non-hydrogen) atoms. The van der Waals surface area contributed by atoms with Crippen LogP contribution in [-0.2, 0) is 16.4 Å². The van der Waals surface area contributed by atoms with Gasteiger partial charge in [0.1, 0.15) is 5.82 Å². The van der Waals surface area contributed by atoms with Crippen LogP contribution in [0.5, 0.6) is 0 Å². The molecule has 0 amide bonds. The number of anilines is 1. The van der Waals surface area contributed by atoms with Gasteiger partial charge in [0.15, 0.2) is 16.7 Å². The highest BCUT2D eigenvalue weighted by Crippen LogP contribution is 2.28. The maximum atomic E-state index is 13.8. The monoisotopic (exact) mass is 324 g/mol. The SMILES string of the molecule is C[C@H]1CCCc2nc(S(=O)(=O)N(C)c3ncccc3F)cn21. The van der Waals surface area contributed by atoms with Crippen LogP contribution in [0.4, 0.5) is 10.2 Å². The fourth-order valence-corrected chi connectivity index (χ4v) is 3.77. The Labute approximate surface area is 128 Å². The zero-order valence-electron chi connectivity index (χ0n) is 12.4. The Bertz CT molecular complexity index is 803. The van der Waals surface area contributed by atoms with E-state index in [1.165, 1.54) is 31.6 Å². The molecule has 0 spiro atoms. The molecule has 0 saturated carbocycles. The first kappa shape index (κ1) is 15.0. The highest BCUT2D eigenvalue weighted by atomic mass is 32.2. The van der Waals surface area contributed by atoms with Crippen LogP contribution in [-0.4, -0.2) is 30.0 Å². The first-order chi connectivity index (χ1) is 10.4. The number of halogens is 1. The molecule has 0 fully saturated rings. The van der Waals surface area contributed by atoms with Crippen molar-refractivity contribution in [1.82, 2.24) is 14.5 Å². The van der Waals surface area contributed by atoms with E-state index in [1.807, 2.05) is 11.5 Å². The normalized spacial score (nSPS) is 18.0. The van der Waals surface area contributed by atoms with Crippen molar-refractivity contribution in [2.24, 2.45) is 0 Å². The molecule has 3 rings (SSSR count). The molecule has 8 heteroatoms. The van der Waals surface area contributed by atoms with Crippen molar-refractivity contribution in [2.75, 3.05) is 11.4 Å². The molecule has 3 heterocycles. The lowest BCUT2D eigenvalue weighted by Crippen LogP contribution is -2.28. The Balaban J connectivity index is 2.02. The largest absolute Gasteiger partial charge is 0.331 e. The molecule has 0 N–H and O–H groups in total. The van der Waals surface area contributed by atoms with Gasteiger partial charge in [0.25, 0.3) is 10.0 Å². The van der Waals surface area contributed by atoms with Gasteiger partial charge in [-0.15, -0.1) is 0 Å². The predicted octanol–water partition coefficient (Wildman–Crippen LogP) is 2.14. The number of pyridine rings is 1. The Morgan fingerprint density at radius 2 is 2.23 bits per heavy atom. The summed E-state index contributed by atoms with van der Waals surface area (Å²) in [5.74, 6) is -0.167. The Morgan fingerprint density at radius 3 is 2.91 bits per heavy atom. The van der Waals surface area contributed by atoms with Crippen LogP contribution in [0.2, 0.25) is 0 Å². The predicted molar refractivity (Wildman–Crippen MR) is 79.7 cm³/mol. The Morgan fingerprint density at radius 1 is 1.45 bits per heavy atom. The van der Waals surface area contributed by atoms with Crippen molar-refractivity contribution >= 4 is 15.8 Å². The lowest BCUT2D eigenvalue weighted by molar-refractivity contribution is 0.425. The van der Waals surface area contributed by atoms with Crippen molar-refractivity contribution in [1.29, 1.82) is 0 Å². The van der Waals surface area contributed by atoms with Crippen molar-refractivity contribution in [3.05, 3.63) is 36.2 Å². The summed E-state index contributed by atoms with van der Waals surface area (Å²) in [5.41, 5.74) is 0. The molecule has 0 aliphatic carbocycles. The van der Waals surface area contributed by atoms with E-state index in [0.717, 1.165) is 29.4 Å². The Hall–Kier alpha value is -1.96. The molecule has 0 bridgehead atoms. The highest BCUT2D eigenvalue weighted by Gasteiger charge is 2.29. The summed E-state index contributed by atoms with van der Waals surface area (Å²) in [7, 11) is -2.65. The fourth-order valence-electron chi connectivity index (χ4n) is 2.66. The number of aryl methyl sites for hydroxylation is 1. The number of fused-ring (bicyclic) bond motifs is 1. The van der Waals surface area contributed by atoms with Crippen LogP contribution in [0.1, 0.15) is 31.6 Å². The third kappa shape index (κ3) is 2.37. The van der Waals surface area contributed by atoms with E-state index in [1.54, 1.807) is 0 Å². The molecule has 0 radical (unpaired) electrons. The number of rotatable bonds is 3. The summed E-state index contributed by atoms with van der Waals surface area (Å²) in [4.78, 5) is 8.04. The lowest BCUT2D eigenvalue weighted by atomic mass is 10.1. The minimum Gasteiger partial charge on any atom is -0.331 e. The molecular weight excluding hydrogens is 307 g/mol. The molecule has 2 aromatic heterocycles. The topological polar surface area (TPSA) is 68.1 Å². The maximum Gasteiger partial charge on any atom is 0.284 e. The van der Waals surface area contributed by atoms with Gasteiger partial charge in [-0.2, -0.15) is 8.42 Å². The molecule has 1 atom stereocenters. The molecule has 6 nitrogen and oxygen atoms in total. The van der Waals surface area contributed by atoms with Gasteiger partial charge in [-0.25, -0.2) is 18.7 Å². The first-order valence-corrected chi connectivity index (χ1v) is 8.52. The highest BCUT2D eigenvalue weighted by molar-refractivity contribution is 7.92. The van der Waals surface area contributed by atoms with Crippen LogP contribution in [0.15, 0.2) is 29.6 Å². The number of aromatic nitrogens is 3. The second-order valence-electron chi connectivity index (χ2n) is 5.43. The van der Waals surface area contributed by atoms with Crippen molar-refractivity contribution in [3.63, 3.8) is 0 Å². The van der Waals surface area contributed by atoms with Crippen molar-refractivity contribution in [2.45, 2.75) is 37.3 Å². The summed E-state index contributed by atoms with van der Waals surface area (Å²) in [6.07, 6.45) is 5.62. The third-order valence-corrected chi connectivity index (χ3v) is 5.57. The van der Waals surface area contributed by atoms with E-state index in [4.69, 9.17) is 0 Å². The summed E-state index contributed by atoms with van der Waals surface area (Å²) >= 11 is 0. The van der Waals surface area contributed by atoms with Gasteiger partial charge >= 0.3 is 0 Å². The average Bonchev–Trinajstić information content (AvgIpc) is 2.93. The summed E-state index contributed by atoms with van der Waals surface area (Å²) in [6, 6.07) is 2.81. The van der Waals surface area contributed by atoms with Crippen LogP contribution in [0.3, 0.4) is 0 Å². The molecule has 0 unspecified atom stereocenters. The second kappa shape index (κ2) is 5.35. The van der Waals surface area contributed by atoms with Crippen LogP contribution in [0, 0.1) is 5.82 Å². The fraction of sp³-hybridized carbons (Fsp3) is 0.429. The van der Waals surface area contributed by atoms with Crippen LogP contribution < -0.4 is 4.31 Å². The maximum absolute atomic E-state index is 13.8. The van der Waals surface area contributed by atoms with Crippen molar-refractivity contribution in [3.8, 4) is 0 Å². The lowest BCUT2D eigenvalue weighted by Gasteiger charge is -2.20. The van der Waals surface area contributed by atoms with E-state index < -0.39 is 15.8 Å². The van der Waals surface area contributed by atoms with Gasteiger partial charge in [-0.05, 0) is 31.9 Å². The zero-order valence-corrected chi connectivity index (χ0v) is 13.2. The number of hydrogen-bond donors (Lipinski definition) is 0. The quantitative estimate of drug-likeness (QED) is 0.867. The molecule has 1 aliphatic rings. The molecule has 2 aromatic rings. The number of hydrogen-bond acceptors (Lipinski definition) is 4. The smallest absolute Gasteiger partial charge is 0.284 e. The average molecular weight is 324 g/mol. The molecular formula is C14H17FN4O2S. The van der Waals surface area contributed by atoms with Gasteiger partial charge in [-0.3, -0.25) is 0 Å². The standard InChI is InChI=1S/C14H17FN4O2S/c1-10-5-3-7-12-17-13(9-19(10)12)22(20,21)18(2)14-11(15)6-4-8-16-14/h4,6,8-10H,3,5,7H2,1-2H3/t10-/m0/s1. The number of nitrogens with zero attached hydrogens (tertiary/aromatic N) is 4. The van der Waals surface area contributed by atoms with Crippen LogP contribution >= 0.6 is 0 Å². The molecule has 0 aromatic carbocycles. The van der Waals surface area contributed by atoms with E-state index >= 15 is 0 Å². The van der Waals surface area contributed by atoms with Gasteiger partial charge in [-0.1, -0.05) is 0 Å². The number of sulfonamides is 1. The van der Waals surface area contributed by atoms with E-state index in [-0.39, 0.29) is 16.9 Å². The van der Waals surface area contributed by atoms with Gasteiger partial charge in [0.05, 0.1) is 0 Å². The summed E-state index contributed by atoms with van der Waals surface area (Å²) in [6.45, 7) is 2.03. The molecule has 1 aliphatic heterocycles. The summed E-state index contributed by atoms with van der Waals surface area (Å²) < 4.78 is 41.8. The van der Waals surface area contributed by atoms with E-state index in [9.17, 15) is 12.8 Å². The number of imidazole rings is 1. The minimum atomic E-state index is -3.93. The van der Waals surface area contributed by atoms with E-state index in [0.29, 0.717) is 0 Å². The Kier molecular flexibility index (Phi) is 3.64. The van der Waals surface area contributed by atoms with Gasteiger partial charge in [0, 0.05) is 31.9 Å². The third-order valence-electron chi connectivity index (χ3n) is 3.95. The molecule has 0 saturated heterocycles. The minimum absolute atomic E-state index is 0.0659. The van der Waals surface area contributed by atoms with Crippen molar-refractivity contribution < 1.29 is 12.8 Å². The van der Waals surface area contributed by atoms with Gasteiger partial charge in [0.2, 0.25) is 0 Å². The zero-order chi connectivity index (χ0) is 15.9. The summed E-state index contributed by atoms with van der Waals surface area (Å²) in [5, 5.41) is -0.0659. The van der Waals surface area contributed by atoms with Crippen LogP contribution in [0.25, 0.3) is 0 Å².